The molecule has 1 saturated heterocycles. The van der Waals surface area contributed by atoms with Gasteiger partial charge in [0.05, 0.1) is 19.3 Å². The number of hydrogen-bond acceptors (Lipinski definition) is 3. The molecule has 0 aromatic carbocycles. The van der Waals surface area contributed by atoms with Gasteiger partial charge < -0.3 is 15.2 Å². The third-order valence-electron chi connectivity index (χ3n) is 2.43. The van der Waals surface area contributed by atoms with E-state index in [4.69, 9.17) is 9.84 Å². The van der Waals surface area contributed by atoms with Crippen molar-refractivity contribution >= 4 is 0 Å². The minimum Gasteiger partial charge on any atom is -0.393 e. The molecule has 1 aliphatic rings. The van der Waals surface area contributed by atoms with Crippen molar-refractivity contribution in [2.24, 2.45) is 5.41 Å². The van der Waals surface area contributed by atoms with Gasteiger partial charge in [0.1, 0.15) is 0 Å². The van der Waals surface area contributed by atoms with E-state index >= 15 is 0 Å². The standard InChI is InChI=1S/C10H21NO2/c1-9(12)4-3-5-11-6-10(2)7-13-8-10/h9,11-12H,3-8H2,1-2H3. The fourth-order valence-corrected chi connectivity index (χ4v) is 1.47. The van der Waals surface area contributed by atoms with Crippen LogP contribution in [0, 0.1) is 5.41 Å². The molecule has 1 fully saturated rings. The molecule has 3 heteroatoms. The van der Waals surface area contributed by atoms with E-state index in [9.17, 15) is 0 Å². The van der Waals surface area contributed by atoms with Gasteiger partial charge in [-0.3, -0.25) is 0 Å². The lowest BCUT2D eigenvalue weighted by molar-refractivity contribution is -0.0989. The molecule has 0 amide bonds. The minimum atomic E-state index is -0.163. The van der Waals surface area contributed by atoms with Crippen LogP contribution in [0.3, 0.4) is 0 Å². The van der Waals surface area contributed by atoms with E-state index in [0.29, 0.717) is 5.41 Å². The van der Waals surface area contributed by atoms with E-state index in [0.717, 1.165) is 39.1 Å². The number of rotatable bonds is 6. The summed E-state index contributed by atoms with van der Waals surface area (Å²) in [4.78, 5) is 0. The van der Waals surface area contributed by atoms with Gasteiger partial charge >= 0.3 is 0 Å². The summed E-state index contributed by atoms with van der Waals surface area (Å²) in [6, 6.07) is 0. The zero-order valence-electron chi connectivity index (χ0n) is 8.68. The van der Waals surface area contributed by atoms with Crippen LogP contribution in [0.15, 0.2) is 0 Å². The minimum absolute atomic E-state index is 0.163. The predicted molar refractivity (Wildman–Crippen MR) is 52.7 cm³/mol. The Bertz CT molecular complexity index is 144. The average Bonchev–Trinajstić information content (AvgIpc) is 2.00. The van der Waals surface area contributed by atoms with Crippen LogP contribution in [-0.2, 0) is 4.74 Å². The lowest BCUT2D eigenvalue weighted by Gasteiger charge is -2.38. The fraction of sp³-hybridized carbons (Fsp3) is 1.00. The van der Waals surface area contributed by atoms with E-state index in [-0.39, 0.29) is 6.10 Å². The highest BCUT2D eigenvalue weighted by Crippen LogP contribution is 2.24. The molecular weight excluding hydrogens is 166 g/mol. The van der Waals surface area contributed by atoms with Crippen molar-refractivity contribution in [3.63, 3.8) is 0 Å². The van der Waals surface area contributed by atoms with Gasteiger partial charge in [-0.2, -0.15) is 0 Å². The van der Waals surface area contributed by atoms with Crippen LogP contribution in [0.1, 0.15) is 26.7 Å². The Morgan fingerprint density at radius 1 is 1.54 bits per heavy atom. The molecule has 1 rings (SSSR count). The number of aliphatic hydroxyl groups excluding tert-OH is 1. The molecule has 3 nitrogen and oxygen atoms in total. The molecule has 0 spiro atoms. The zero-order chi connectivity index (χ0) is 9.73. The third kappa shape index (κ3) is 4.07. The van der Waals surface area contributed by atoms with Crippen LogP contribution in [0.5, 0.6) is 0 Å². The first kappa shape index (κ1) is 11.0. The van der Waals surface area contributed by atoms with Gasteiger partial charge in [-0.25, -0.2) is 0 Å². The van der Waals surface area contributed by atoms with E-state index in [1.807, 2.05) is 6.92 Å². The lowest BCUT2D eigenvalue weighted by atomic mass is 9.89. The second-order valence-electron chi connectivity index (χ2n) is 4.47. The van der Waals surface area contributed by atoms with Gasteiger partial charge in [-0.1, -0.05) is 6.92 Å². The summed E-state index contributed by atoms with van der Waals surface area (Å²) >= 11 is 0. The molecular formula is C10H21NO2. The Labute approximate surface area is 80.5 Å². The first-order chi connectivity index (χ1) is 6.12. The summed E-state index contributed by atoms with van der Waals surface area (Å²) in [7, 11) is 0. The van der Waals surface area contributed by atoms with Gasteiger partial charge in [0.2, 0.25) is 0 Å². The second-order valence-corrected chi connectivity index (χ2v) is 4.47. The molecule has 0 aromatic rings. The third-order valence-corrected chi connectivity index (χ3v) is 2.43. The Balaban J connectivity index is 1.89. The highest BCUT2D eigenvalue weighted by atomic mass is 16.5. The maximum Gasteiger partial charge on any atom is 0.0554 e. The van der Waals surface area contributed by atoms with Gasteiger partial charge in [0.25, 0.3) is 0 Å². The molecule has 0 aliphatic carbocycles. The van der Waals surface area contributed by atoms with Crippen LogP contribution >= 0.6 is 0 Å². The average molecular weight is 187 g/mol. The first-order valence-corrected chi connectivity index (χ1v) is 5.09. The molecule has 1 heterocycles. The highest BCUT2D eigenvalue weighted by Gasteiger charge is 2.32. The van der Waals surface area contributed by atoms with Gasteiger partial charge in [0, 0.05) is 12.0 Å². The topological polar surface area (TPSA) is 41.5 Å². The maximum absolute atomic E-state index is 9.02. The summed E-state index contributed by atoms with van der Waals surface area (Å²) in [5, 5.41) is 12.4. The summed E-state index contributed by atoms with van der Waals surface area (Å²) in [6.07, 6.45) is 1.78. The molecule has 1 unspecified atom stereocenters. The number of aliphatic hydroxyl groups is 1. The zero-order valence-corrected chi connectivity index (χ0v) is 8.68. The van der Waals surface area contributed by atoms with Crippen LogP contribution in [-0.4, -0.2) is 37.5 Å². The Morgan fingerprint density at radius 3 is 2.69 bits per heavy atom. The monoisotopic (exact) mass is 187 g/mol. The molecule has 13 heavy (non-hydrogen) atoms. The molecule has 1 atom stereocenters. The van der Waals surface area contributed by atoms with Crippen molar-refractivity contribution in [1.29, 1.82) is 0 Å². The normalized spacial score (nSPS) is 22.4. The predicted octanol–water partition coefficient (Wildman–Crippen LogP) is 0.774. The molecule has 2 N–H and O–H groups in total. The second kappa shape index (κ2) is 4.94. The Morgan fingerprint density at radius 2 is 2.23 bits per heavy atom. The van der Waals surface area contributed by atoms with E-state index in [1.165, 1.54) is 0 Å². The lowest BCUT2D eigenvalue weighted by Crippen LogP contribution is -2.47. The molecule has 0 bridgehead atoms. The van der Waals surface area contributed by atoms with Crippen LogP contribution in [0.25, 0.3) is 0 Å². The van der Waals surface area contributed by atoms with Gasteiger partial charge in [-0.05, 0) is 26.3 Å². The number of nitrogens with one attached hydrogen (secondary N) is 1. The van der Waals surface area contributed by atoms with Crippen molar-refractivity contribution in [3.8, 4) is 0 Å². The van der Waals surface area contributed by atoms with E-state index in [2.05, 4.69) is 12.2 Å². The van der Waals surface area contributed by atoms with Crippen LogP contribution in [0.4, 0.5) is 0 Å². The molecule has 0 aromatic heterocycles. The summed E-state index contributed by atoms with van der Waals surface area (Å²) < 4.78 is 5.15. The smallest absolute Gasteiger partial charge is 0.0554 e. The number of hydrogen-bond donors (Lipinski definition) is 2. The Kier molecular flexibility index (Phi) is 4.16. The summed E-state index contributed by atoms with van der Waals surface area (Å²) in [5.41, 5.74) is 0.366. The van der Waals surface area contributed by atoms with Gasteiger partial charge in [0.15, 0.2) is 0 Å². The van der Waals surface area contributed by atoms with Crippen LogP contribution < -0.4 is 5.32 Å². The van der Waals surface area contributed by atoms with Gasteiger partial charge in [-0.15, -0.1) is 0 Å². The maximum atomic E-state index is 9.02. The Hall–Kier alpha value is -0.120. The SMILES string of the molecule is CC(O)CCCNCC1(C)COC1. The van der Waals surface area contributed by atoms with Crippen molar-refractivity contribution in [2.75, 3.05) is 26.3 Å². The van der Waals surface area contributed by atoms with E-state index < -0.39 is 0 Å². The molecule has 0 saturated carbocycles. The summed E-state index contributed by atoms with van der Waals surface area (Å²) in [5.74, 6) is 0. The van der Waals surface area contributed by atoms with Crippen molar-refractivity contribution in [2.45, 2.75) is 32.8 Å². The fourth-order valence-electron chi connectivity index (χ4n) is 1.47. The first-order valence-electron chi connectivity index (χ1n) is 5.09. The largest absolute Gasteiger partial charge is 0.393 e. The molecule has 78 valence electrons. The quantitative estimate of drug-likeness (QED) is 0.604. The molecule has 1 aliphatic heterocycles. The van der Waals surface area contributed by atoms with E-state index in [1.54, 1.807) is 0 Å². The highest BCUT2D eigenvalue weighted by molar-refractivity contribution is 4.82. The van der Waals surface area contributed by atoms with Crippen LogP contribution in [0.2, 0.25) is 0 Å². The van der Waals surface area contributed by atoms with Crippen molar-refractivity contribution < 1.29 is 9.84 Å². The summed E-state index contributed by atoms with van der Waals surface area (Å²) in [6.45, 7) is 7.87. The van der Waals surface area contributed by atoms with Crippen molar-refractivity contribution in [1.82, 2.24) is 5.32 Å². The molecule has 0 radical (unpaired) electrons. The number of ether oxygens (including phenoxy) is 1. The van der Waals surface area contributed by atoms with Crippen molar-refractivity contribution in [3.05, 3.63) is 0 Å².